The van der Waals surface area contributed by atoms with Crippen molar-refractivity contribution in [1.29, 1.82) is 0 Å². The van der Waals surface area contributed by atoms with Gasteiger partial charge in [-0.25, -0.2) is 11.1 Å². The van der Waals surface area contributed by atoms with Crippen molar-refractivity contribution in [2.45, 2.75) is 69.2 Å². The standard InChI is InChI=1S/2C10H15.2ClH.K.U/c2*1-7-6-10(4,5)9(3)8(7)2;;;;/h2*1-5H3;2*1H;;/q2*-1;;;+1;+2/p-2. The monoisotopic (exact) mass is 617 g/mol. The molecule has 0 saturated heterocycles. The molecule has 0 aromatic heterocycles. The molecule has 24 heavy (non-hydrogen) atoms. The van der Waals surface area contributed by atoms with E-state index in [4.69, 9.17) is 0 Å². The van der Waals surface area contributed by atoms with E-state index in [0.29, 0.717) is 0 Å². The zero-order chi connectivity index (χ0) is 15.9. The van der Waals surface area contributed by atoms with E-state index in [9.17, 15) is 0 Å². The van der Waals surface area contributed by atoms with Crippen LogP contribution in [0.1, 0.15) is 69.2 Å². The van der Waals surface area contributed by atoms with Crippen molar-refractivity contribution in [2.75, 3.05) is 0 Å². The maximum atomic E-state index is 3.44. The first-order valence-corrected chi connectivity index (χ1v) is 7.50. The van der Waals surface area contributed by atoms with Crippen molar-refractivity contribution in [1.82, 2.24) is 0 Å². The van der Waals surface area contributed by atoms with Crippen LogP contribution in [0.5, 0.6) is 0 Å². The van der Waals surface area contributed by atoms with Gasteiger partial charge in [0.05, 0.1) is 0 Å². The third kappa shape index (κ3) is 8.08. The summed E-state index contributed by atoms with van der Waals surface area (Å²) in [5.41, 5.74) is 8.79. The van der Waals surface area contributed by atoms with Gasteiger partial charge in [0.2, 0.25) is 0 Å². The molecule has 4 heteroatoms. The second kappa shape index (κ2) is 12.6. The van der Waals surface area contributed by atoms with E-state index < -0.39 is 0 Å². The maximum absolute atomic E-state index is 3.44. The second-order valence-electron chi connectivity index (χ2n) is 7.25. The summed E-state index contributed by atoms with van der Waals surface area (Å²) in [4.78, 5) is 0. The van der Waals surface area contributed by atoms with E-state index in [1.54, 1.807) is 0 Å². The molecule has 0 spiro atoms. The molecule has 0 heterocycles. The van der Waals surface area contributed by atoms with Crippen molar-refractivity contribution in [2.24, 2.45) is 10.8 Å². The molecule has 0 amide bonds. The molecular formula is C20H30Cl2KU-. The van der Waals surface area contributed by atoms with Gasteiger partial charge in [0, 0.05) is 0 Å². The van der Waals surface area contributed by atoms with Gasteiger partial charge in [0.25, 0.3) is 0 Å². The molecule has 0 N–H and O–H groups in total. The summed E-state index contributed by atoms with van der Waals surface area (Å²) in [7, 11) is 0. The van der Waals surface area contributed by atoms with Crippen molar-refractivity contribution in [3.05, 3.63) is 45.6 Å². The van der Waals surface area contributed by atoms with E-state index >= 15 is 0 Å². The van der Waals surface area contributed by atoms with E-state index in [2.05, 4.69) is 81.4 Å². The van der Waals surface area contributed by atoms with Crippen molar-refractivity contribution in [3.63, 3.8) is 0 Å². The van der Waals surface area contributed by atoms with Crippen LogP contribution in [0.15, 0.2) is 33.4 Å². The molecular weight excluding hydrogens is 588 g/mol. The Morgan fingerprint density at radius 2 is 0.792 bits per heavy atom. The predicted octanol–water partition coefficient (Wildman–Crippen LogP) is -2.76. The van der Waals surface area contributed by atoms with Gasteiger partial charge in [0.1, 0.15) is 0 Å². The topological polar surface area (TPSA) is 0 Å². The van der Waals surface area contributed by atoms with Crippen LogP contribution in [0.2, 0.25) is 0 Å². The average Bonchev–Trinajstić information content (AvgIpc) is 2.60. The molecule has 2 aliphatic carbocycles. The van der Waals surface area contributed by atoms with E-state index in [0.717, 1.165) is 0 Å². The first-order valence-electron chi connectivity index (χ1n) is 7.50. The van der Waals surface area contributed by atoms with E-state index in [1.807, 2.05) is 0 Å². The van der Waals surface area contributed by atoms with Gasteiger partial charge < -0.3 is 24.8 Å². The number of hydrogen-bond acceptors (Lipinski definition) is 0. The Labute approximate surface area is 229 Å². The zero-order valence-corrected chi connectivity index (χ0v) is 26.1. The van der Waals surface area contributed by atoms with Crippen LogP contribution in [0.25, 0.3) is 0 Å². The van der Waals surface area contributed by atoms with Gasteiger partial charge in [-0.05, 0) is 0 Å². The fourth-order valence-corrected chi connectivity index (χ4v) is 2.81. The molecule has 0 radical (unpaired) electrons. The quantitative estimate of drug-likeness (QED) is 0.204. The van der Waals surface area contributed by atoms with Crippen LogP contribution in [0, 0.1) is 54.1 Å². The molecule has 0 aliphatic heterocycles. The van der Waals surface area contributed by atoms with Crippen LogP contribution in [-0.4, -0.2) is 0 Å². The molecule has 0 atom stereocenters. The summed E-state index contributed by atoms with van der Waals surface area (Å²) in [6.07, 6.45) is 6.87. The van der Waals surface area contributed by atoms with Crippen molar-refractivity contribution < 1.29 is 107 Å². The van der Waals surface area contributed by atoms with Crippen LogP contribution >= 0.6 is 0 Å². The SMILES string of the molecule is CC1=[C-]C(C)(C)C(C)=C1C.CC1=[C-]C(C)(C)C(C)=C1C.[Cl-].[Cl-].[K+].[U+2]. The number of halogens is 2. The molecule has 0 aromatic rings. The fourth-order valence-electron chi connectivity index (χ4n) is 2.81. The molecule has 0 aromatic carbocycles. The summed E-state index contributed by atoms with van der Waals surface area (Å²) in [6, 6.07) is 0. The maximum Gasteiger partial charge on any atom is 2.00 e. The Morgan fingerprint density at radius 1 is 0.583 bits per heavy atom. The molecule has 0 bridgehead atoms. The Balaban J connectivity index is -0.000000143. The molecule has 2 rings (SSSR count). The van der Waals surface area contributed by atoms with Gasteiger partial charge in [-0.3, -0.25) is 12.2 Å². The molecule has 2 aliphatic rings. The zero-order valence-electron chi connectivity index (χ0n) is 17.3. The fraction of sp³-hybridized carbons (Fsp3) is 0.600. The first kappa shape index (κ1) is 33.8. The molecule has 130 valence electrons. The third-order valence-corrected chi connectivity index (χ3v) is 5.12. The van der Waals surface area contributed by atoms with Crippen LogP contribution in [-0.2, 0) is 0 Å². The van der Waals surface area contributed by atoms with Crippen molar-refractivity contribution in [3.8, 4) is 0 Å². The first-order chi connectivity index (χ1) is 8.90. The minimum absolute atomic E-state index is 0. The number of rotatable bonds is 0. The Morgan fingerprint density at radius 3 is 0.833 bits per heavy atom. The normalized spacial score (nSPS) is 19.6. The summed E-state index contributed by atoms with van der Waals surface area (Å²) in [5, 5.41) is 0. The van der Waals surface area contributed by atoms with Gasteiger partial charge in [0.15, 0.2) is 0 Å². The summed E-state index contributed by atoms with van der Waals surface area (Å²) < 4.78 is 0. The minimum atomic E-state index is 0. The smallest absolute Gasteiger partial charge is 1.00 e. The molecule has 0 nitrogen and oxygen atoms in total. The van der Waals surface area contributed by atoms with Gasteiger partial charge >= 0.3 is 82.5 Å². The van der Waals surface area contributed by atoms with Crippen LogP contribution < -0.4 is 76.2 Å². The van der Waals surface area contributed by atoms with Gasteiger partial charge in [-0.1, -0.05) is 66.2 Å². The van der Waals surface area contributed by atoms with Crippen molar-refractivity contribution >= 4 is 0 Å². The summed E-state index contributed by atoms with van der Waals surface area (Å²) in [5.74, 6) is 0. The Kier molecular flexibility index (Phi) is 17.8. The van der Waals surface area contributed by atoms with E-state index in [1.165, 1.54) is 33.4 Å². The van der Waals surface area contributed by atoms with Gasteiger partial charge in [-0.2, -0.15) is 22.3 Å². The third-order valence-electron chi connectivity index (χ3n) is 5.12. The Bertz CT molecular complexity index is 500. The number of hydrogen-bond donors (Lipinski definition) is 0. The summed E-state index contributed by atoms with van der Waals surface area (Å²) in [6.45, 7) is 21.8. The molecule has 0 unspecified atom stereocenters. The van der Waals surface area contributed by atoms with Gasteiger partial charge in [-0.15, -0.1) is 13.8 Å². The minimum Gasteiger partial charge on any atom is -1.00 e. The molecule has 0 saturated carbocycles. The van der Waals surface area contributed by atoms with E-state index in [-0.39, 0.29) is 118 Å². The number of allylic oxidation sites excluding steroid dienone is 8. The van der Waals surface area contributed by atoms with Crippen LogP contribution in [0.4, 0.5) is 0 Å². The van der Waals surface area contributed by atoms with Crippen LogP contribution in [0.3, 0.4) is 0 Å². The predicted molar refractivity (Wildman–Crippen MR) is 89.2 cm³/mol. The molecule has 0 fully saturated rings. The summed E-state index contributed by atoms with van der Waals surface area (Å²) >= 11 is 0. The second-order valence-corrected chi connectivity index (χ2v) is 7.25. The Hall–Kier alpha value is 2.23. The average molecular weight is 618 g/mol. The largest absolute Gasteiger partial charge is 2.00 e.